The second-order valence-corrected chi connectivity index (χ2v) is 3.05. The molecule has 0 radical (unpaired) electrons. The maximum Gasteiger partial charge on any atom is 0.307 e. The number of fused-ring (bicyclic) bond motifs is 1. The molecule has 4 heteroatoms. The topological polar surface area (TPSA) is 60.2 Å². The van der Waals surface area contributed by atoms with E-state index in [9.17, 15) is 14.8 Å². The molecule has 0 fully saturated rings. The molecule has 0 unspecified atom stereocenters. The Kier molecular flexibility index (Phi) is 1.70. The molecule has 0 saturated heterocycles. The first-order chi connectivity index (χ1) is 6.63. The summed E-state index contributed by atoms with van der Waals surface area (Å²) in [5.41, 5.74) is -0.966. The molecule has 2 rings (SSSR count). The van der Waals surface area contributed by atoms with Crippen molar-refractivity contribution < 1.29 is 0 Å². The largest absolute Gasteiger partial charge is 0.623 e. The fourth-order valence-corrected chi connectivity index (χ4v) is 1.52. The van der Waals surface area contributed by atoms with E-state index in [1.807, 2.05) is 0 Å². The van der Waals surface area contributed by atoms with Gasteiger partial charge < -0.3 is 5.21 Å². The van der Waals surface area contributed by atoms with Gasteiger partial charge in [-0.15, -0.1) is 0 Å². The predicted octanol–water partition coefficient (Wildman–Crippen LogP) is -0.664. The molecule has 0 aliphatic rings. The van der Waals surface area contributed by atoms with E-state index in [1.165, 1.54) is 0 Å². The molecule has 0 aliphatic heterocycles. The van der Waals surface area contributed by atoms with E-state index in [-0.39, 0.29) is 5.36 Å². The Labute approximate surface area is 78.6 Å². The quantitative estimate of drug-likeness (QED) is 0.408. The fourth-order valence-electron chi connectivity index (χ4n) is 1.52. The average Bonchev–Trinajstić information content (AvgIpc) is 2.41. The second kappa shape index (κ2) is 2.77. The third-order valence-corrected chi connectivity index (χ3v) is 2.16. The van der Waals surface area contributed by atoms with Crippen LogP contribution in [-0.2, 0) is 0 Å². The summed E-state index contributed by atoms with van der Waals surface area (Å²) < 4.78 is 0.324. The smallest absolute Gasteiger partial charge is 0.307 e. The molecular formula is C10H7NO3. The molecule has 0 aromatic heterocycles. The molecule has 0 amide bonds. The molecule has 0 aliphatic carbocycles. The van der Waals surface area contributed by atoms with E-state index < -0.39 is 10.9 Å². The molecule has 70 valence electrons. The lowest BCUT2D eigenvalue weighted by Crippen LogP contribution is -2.41. The van der Waals surface area contributed by atoms with Gasteiger partial charge in [-0.1, -0.05) is 24.3 Å². The van der Waals surface area contributed by atoms with Gasteiger partial charge in [0.15, 0.2) is 0 Å². The van der Waals surface area contributed by atoms with Crippen molar-refractivity contribution in [1.29, 1.82) is 0 Å². The number of hydrogen-bond acceptors (Lipinski definition) is 3. The highest BCUT2D eigenvalue weighted by atomic mass is 16.5. The second-order valence-electron chi connectivity index (χ2n) is 3.05. The Morgan fingerprint density at radius 1 is 1.07 bits per heavy atom. The zero-order chi connectivity index (χ0) is 10.3. The van der Waals surface area contributed by atoms with Crippen molar-refractivity contribution in [2.45, 2.75) is 0 Å². The summed E-state index contributed by atoms with van der Waals surface area (Å²) in [6.45, 7) is 0. The van der Waals surface area contributed by atoms with Crippen LogP contribution in [0.25, 0.3) is 10.8 Å². The van der Waals surface area contributed by atoms with Crippen LogP contribution in [0.15, 0.2) is 33.9 Å². The number of hydroxylamine groups is 1. The summed E-state index contributed by atoms with van der Waals surface area (Å²) in [5, 5.41) is 11.3. The monoisotopic (exact) mass is 189 g/mol. The maximum absolute atomic E-state index is 11.5. The summed E-state index contributed by atoms with van der Waals surface area (Å²) in [6.07, 6.45) is 0. The number of nitrogens with zero attached hydrogens (tertiary/aromatic N) is 1. The minimum Gasteiger partial charge on any atom is -0.623 e. The van der Waals surface area contributed by atoms with E-state index in [1.54, 1.807) is 24.3 Å². The van der Waals surface area contributed by atoms with Gasteiger partial charge in [0.25, 0.3) is 10.9 Å². The summed E-state index contributed by atoms with van der Waals surface area (Å²) in [7, 11) is 1.15. The standard InChI is InChI=1S/C10H7NO3/c1-11(14)8-9(12)6-4-2-3-5-7(6)10(8)13/h2-5H,1H3. The van der Waals surface area contributed by atoms with Crippen LogP contribution in [0.1, 0.15) is 0 Å². The molecule has 4 nitrogen and oxygen atoms in total. The van der Waals surface area contributed by atoms with Crippen LogP contribution in [0.4, 0.5) is 0 Å². The van der Waals surface area contributed by atoms with Crippen molar-refractivity contribution in [3.8, 4) is 0 Å². The van der Waals surface area contributed by atoms with Crippen molar-refractivity contribution in [2.75, 3.05) is 7.05 Å². The van der Waals surface area contributed by atoms with Crippen LogP contribution < -0.4 is 21.0 Å². The van der Waals surface area contributed by atoms with E-state index in [4.69, 9.17) is 0 Å². The highest BCUT2D eigenvalue weighted by molar-refractivity contribution is 5.83. The Balaban J connectivity index is 3.27. The zero-order valence-corrected chi connectivity index (χ0v) is 7.48. The Morgan fingerprint density at radius 3 is 1.86 bits per heavy atom. The summed E-state index contributed by atoms with van der Waals surface area (Å²) in [5.74, 6) is 0. The SMILES string of the molecule is C[N+]([O-])=c1c(=O)c2ccccc2c1=O. The Morgan fingerprint density at radius 2 is 1.50 bits per heavy atom. The van der Waals surface area contributed by atoms with Gasteiger partial charge in [-0.05, 0) is 0 Å². The lowest BCUT2D eigenvalue weighted by Gasteiger charge is -1.87. The van der Waals surface area contributed by atoms with Crippen LogP contribution in [0.3, 0.4) is 0 Å². The minimum absolute atomic E-state index is 0.300. The third-order valence-electron chi connectivity index (χ3n) is 2.16. The number of rotatable bonds is 0. The highest BCUT2D eigenvalue weighted by Gasteiger charge is 2.14. The molecule has 0 N–H and O–H groups in total. The summed E-state index contributed by atoms with van der Waals surface area (Å²) in [4.78, 5) is 23.1. The first kappa shape index (κ1) is 8.62. The van der Waals surface area contributed by atoms with Gasteiger partial charge >= 0.3 is 5.36 Å². The third kappa shape index (κ3) is 0.970. The first-order valence-electron chi connectivity index (χ1n) is 4.09. The Hall–Kier alpha value is -1.97. The van der Waals surface area contributed by atoms with Crippen molar-refractivity contribution in [3.05, 3.63) is 55.3 Å². The fraction of sp³-hybridized carbons (Fsp3) is 0.100. The van der Waals surface area contributed by atoms with E-state index in [0.717, 1.165) is 7.05 Å². The van der Waals surface area contributed by atoms with Crippen molar-refractivity contribution in [3.63, 3.8) is 0 Å². The Bertz CT molecular complexity index is 594. The highest BCUT2D eigenvalue weighted by Crippen LogP contribution is 2.01. The molecular weight excluding hydrogens is 182 g/mol. The van der Waals surface area contributed by atoms with Gasteiger partial charge in [0, 0.05) is 10.8 Å². The van der Waals surface area contributed by atoms with Crippen LogP contribution in [0.5, 0.6) is 0 Å². The van der Waals surface area contributed by atoms with Crippen molar-refractivity contribution >= 4 is 10.8 Å². The van der Waals surface area contributed by atoms with Crippen LogP contribution in [0.2, 0.25) is 0 Å². The zero-order valence-electron chi connectivity index (χ0n) is 7.48. The number of benzene rings is 1. The van der Waals surface area contributed by atoms with E-state index in [2.05, 4.69) is 0 Å². The van der Waals surface area contributed by atoms with Gasteiger partial charge in [0.05, 0.1) is 0 Å². The maximum atomic E-state index is 11.5. The molecule has 2 aromatic rings. The van der Waals surface area contributed by atoms with Gasteiger partial charge in [0.1, 0.15) is 7.05 Å². The average molecular weight is 189 g/mol. The van der Waals surface area contributed by atoms with Gasteiger partial charge in [-0.2, -0.15) is 0 Å². The molecule has 14 heavy (non-hydrogen) atoms. The predicted molar refractivity (Wildman–Crippen MR) is 53.4 cm³/mol. The molecule has 0 heterocycles. The minimum atomic E-state index is -0.483. The van der Waals surface area contributed by atoms with Crippen molar-refractivity contribution in [2.24, 2.45) is 0 Å². The number of hydrogen-bond donors (Lipinski definition) is 0. The lowest BCUT2D eigenvalue weighted by atomic mass is 10.2. The normalized spacial score (nSPS) is 10.6. The van der Waals surface area contributed by atoms with Crippen LogP contribution in [-0.4, -0.2) is 7.05 Å². The first-order valence-corrected chi connectivity index (χ1v) is 4.09. The van der Waals surface area contributed by atoms with Gasteiger partial charge in [0.2, 0.25) is 0 Å². The van der Waals surface area contributed by atoms with Crippen molar-refractivity contribution in [1.82, 2.24) is 4.74 Å². The van der Waals surface area contributed by atoms with Gasteiger partial charge in [-0.3, -0.25) is 9.59 Å². The molecule has 2 aromatic carbocycles. The van der Waals surface area contributed by atoms with Gasteiger partial charge in [-0.25, -0.2) is 4.74 Å². The molecule has 0 spiro atoms. The lowest BCUT2D eigenvalue weighted by molar-refractivity contribution is 0.877. The molecule has 0 atom stereocenters. The van der Waals surface area contributed by atoms with E-state index in [0.29, 0.717) is 15.5 Å². The van der Waals surface area contributed by atoms with Crippen LogP contribution >= 0.6 is 0 Å². The summed E-state index contributed by atoms with van der Waals surface area (Å²) >= 11 is 0. The van der Waals surface area contributed by atoms with E-state index >= 15 is 0 Å². The molecule has 0 bridgehead atoms. The van der Waals surface area contributed by atoms with Crippen LogP contribution in [0, 0.1) is 5.21 Å². The summed E-state index contributed by atoms with van der Waals surface area (Å²) in [6, 6.07) is 6.42. The molecule has 0 saturated carbocycles.